The number of anilines is 2. The molecule has 1 aromatic heterocycles. The molecule has 3 aromatic rings. The molecule has 1 heterocycles. The maximum Gasteiger partial charge on any atom is 0.224 e. The van der Waals surface area contributed by atoms with Gasteiger partial charge < -0.3 is 24.3 Å². The van der Waals surface area contributed by atoms with Crippen molar-refractivity contribution in [2.45, 2.75) is 0 Å². The molecular formula is C18H17Cl2N3O4. The van der Waals surface area contributed by atoms with Crippen molar-refractivity contribution in [2.24, 2.45) is 0 Å². The Hall–Kier alpha value is -2.64. The van der Waals surface area contributed by atoms with Gasteiger partial charge in [0.25, 0.3) is 0 Å². The van der Waals surface area contributed by atoms with Crippen LogP contribution in [-0.4, -0.2) is 38.4 Å². The molecule has 142 valence electrons. The number of ether oxygens (including phenoxy) is 4. The van der Waals surface area contributed by atoms with Crippen LogP contribution >= 0.6 is 23.2 Å². The zero-order valence-corrected chi connectivity index (χ0v) is 16.6. The Morgan fingerprint density at radius 3 is 2.00 bits per heavy atom. The summed E-state index contributed by atoms with van der Waals surface area (Å²) in [5.74, 6) is 2.55. The first-order valence-corrected chi connectivity index (χ1v) is 8.54. The van der Waals surface area contributed by atoms with Crippen LogP contribution in [0, 0.1) is 0 Å². The molecule has 0 saturated carbocycles. The topological polar surface area (TPSA) is 74.7 Å². The van der Waals surface area contributed by atoms with E-state index in [2.05, 4.69) is 15.3 Å². The van der Waals surface area contributed by atoms with Crippen molar-refractivity contribution in [2.75, 3.05) is 33.8 Å². The zero-order chi connectivity index (χ0) is 19.6. The third-order valence-electron chi connectivity index (χ3n) is 3.90. The van der Waals surface area contributed by atoms with Crippen LogP contribution < -0.4 is 24.3 Å². The highest BCUT2D eigenvalue weighted by atomic mass is 35.5. The second-order valence-electron chi connectivity index (χ2n) is 5.38. The van der Waals surface area contributed by atoms with E-state index in [1.807, 2.05) is 0 Å². The molecule has 9 heteroatoms. The van der Waals surface area contributed by atoms with Gasteiger partial charge in [-0.15, -0.1) is 0 Å². The second kappa shape index (κ2) is 7.94. The van der Waals surface area contributed by atoms with Gasteiger partial charge in [0.05, 0.1) is 44.7 Å². The van der Waals surface area contributed by atoms with Gasteiger partial charge in [-0.3, -0.25) is 0 Å². The lowest BCUT2D eigenvalue weighted by atomic mass is 10.2. The van der Waals surface area contributed by atoms with Crippen molar-refractivity contribution in [3.8, 4) is 23.0 Å². The largest absolute Gasteiger partial charge is 0.495 e. The molecule has 7 nitrogen and oxygen atoms in total. The van der Waals surface area contributed by atoms with E-state index in [1.165, 1.54) is 7.11 Å². The predicted octanol–water partition coefficient (Wildman–Crippen LogP) is 4.71. The number of methoxy groups -OCH3 is 4. The molecule has 0 atom stereocenters. The molecule has 0 aliphatic rings. The fraction of sp³-hybridized carbons (Fsp3) is 0.222. The summed E-state index contributed by atoms with van der Waals surface area (Å²) in [7, 11) is 6.19. The Balaban J connectivity index is 2.17. The van der Waals surface area contributed by atoms with E-state index in [0.29, 0.717) is 50.4 Å². The summed E-state index contributed by atoms with van der Waals surface area (Å²) in [6.07, 6.45) is 0. The van der Waals surface area contributed by atoms with Crippen LogP contribution in [0.5, 0.6) is 23.0 Å². The lowest BCUT2D eigenvalue weighted by Crippen LogP contribution is -2.01. The van der Waals surface area contributed by atoms with E-state index in [0.717, 1.165) is 0 Å². The van der Waals surface area contributed by atoms with Crippen molar-refractivity contribution in [1.29, 1.82) is 0 Å². The van der Waals surface area contributed by atoms with E-state index in [1.54, 1.807) is 45.6 Å². The fourth-order valence-electron chi connectivity index (χ4n) is 2.61. The molecule has 3 rings (SSSR count). The van der Waals surface area contributed by atoms with Gasteiger partial charge >= 0.3 is 0 Å². The number of nitrogens with zero attached hydrogens (tertiary/aromatic N) is 2. The lowest BCUT2D eigenvalue weighted by molar-refractivity contribution is 0.356. The molecule has 0 aliphatic heterocycles. The van der Waals surface area contributed by atoms with E-state index in [-0.39, 0.29) is 5.28 Å². The van der Waals surface area contributed by atoms with Gasteiger partial charge in [-0.1, -0.05) is 11.6 Å². The molecule has 0 amide bonds. The monoisotopic (exact) mass is 409 g/mol. The summed E-state index contributed by atoms with van der Waals surface area (Å²) in [5.41, 5.74) is 1.19. The van der Waals surface area contributed by atoms with Crippen LogP contribution in [-0.2, 0) is 0 Å². The van der Waals surface area contributed by atoms with Gasteiger partial charge in [0.2, 0.25) is 5.28 Å². The molecule has 27 heavy (non-hydrogen) atoms. The van der Waals surface area contributed by atoms with Crippen molar-refractivity contribution in [1.82, 2.24) is 9.97 Å². The third-order valence-corrected chi connectivity index (χ3v) is 4.37. The van der Waals surface area contributed by atoms with Gasteiger partial charge in [-0.2, -0.15) is 4.98 Å². The normalized spacial score (nSPS) is 10.6. The first kappa shape index (κ1) is 19.1. The Morgan fingerprint density at radius 2 is 1.37 bits per heavy atom. The molecule has 0 spiro atoms. The quantitative estimate of drug-likeness (QED) is 0.590. The standard InChI is InChI=1S/C18H17Cl2N3O4/c1-24-13-8-12(14(25-2)6-10(13)19)21-17-9-5-15(26-3)16(27-4)7-11(9)22-18(20)23-17/h5-8H,1-4H3,(H,21,22,23). The van der Waals surface area contributed by atoms with Crippen molar-refractivity contribution in [3.63, 3.8) is 0 Å². The first-order valence-electron chi connectivity index (χ1n) is 7.78. The van der Waals surface area contributed by atoms with Gasteiger partial charge in [-0.05, 0) is 17.7 Å². The number of nitrogens with one attached hydrogen (secondary N) is 1. The summed E-state index contributed by atoms with van der Waals surface area (Å²) in [6.45, 7) is 0. The number of benzene rings is 2. The van der Waals surface area contributed by atoms with Crippen LogP contribution in [0.2, 0.25) is 10.3 Å². The Labute approximate surface area is 166 Å². The molecule has 1 N–H and O–H groups in total. The minimum absolute atomic E-state index is 0.0807. The van der Waals surface area contributed by atoms with Gasteiger partial charge in [0.1, 0.15) is 17.3 Å². The smallest absolute Gasteiger partial charge is 0.224 e. The highest BCUT2D eigenvalue weighted by Crippen LogP contribution is 2.40. The second-order valence-corrected chi connectivity index (χ2v) is 6.12. The van der Waals surface area contributed by atoms with Crippen LogP contribution in [0.1, 0.15) is 0 Å². The summed E-state index contributed by atoms with van der Waals surface area (Å²) < 4.78 is 21.4. The molecule has 2 aromatic carbocycles. The first-order chi connectivity index (χ1) is 13.0. The number of hydrogen-bond acceptors (Lipinski definition) is 7. The van der Waals surface area contributed by atoms with Gasteiger partial charge in [-0.25, -0.2) is 4.98 Å². The summed E-state index contributed by atoms with van der Waals surface area (Å²) in [4.78, 5) is 8.55. The van der Waals surface area contributed by atoms with E-state index < -0.39 is 0 Å². The summed E-state index contributed by atoms with van der Waals surface area (Å²) in [5, 5.41) is 4.40. The highest BCUT2D eigenvalue weighted by Gasteiger charge is 2.16. The molecule has 0 unspecified atom stereocenters. The number of fused-ring (bicyclic) bond motifs is 1. The highest BCUT2D eigenvalue weighted by molar-refractivity contribution is 6.32. The SMILES string of the molecule is COc1cc(Nc2nc(Cl)nc3cc(OC)c(OC)cc23)c(OC)cc1Cl. The fourth-order valence-corrected chi connectivity index (χ4v) is 3.01. The minimum Gasteiger partial charge on any atom is -0.495 e. The number of aromatic nitrogens is 2. The average molecular weight is 410 g/mol. The average Bonchev–Trinajstić information content (AvgIpc) is 2.67. The molecular weight excluding hydrogens is 393 g/mol. The van der Waals surface area contributed by atoms with Crippen LogP contribution in [0.4, 0.5) is 11.5 Å². The molecule has 0 radical (unpaired) electrons. The Kier molecular flexibility index (Phi) is 5.62. The number of halogens is 2. The predicted molar refractivity (Wildman–Crippen MR) is 105 cm³/mol. The zero-order valence-electron chi connectivity index (χ0n) is 15.1. The minimum atomic E-state index is 0.0807. The summed E-state index contributed by atoms with van der Waals surface area (Å²) in [6, 6.07) is 6.86. The van der Waals surface area contributed by atoms with Crippen molar-refractivity contribution in [3.05, 3.63) is 34.6 Å². The molecule has 0 saturated heterocycles. The van der Waals surface area contributed by atoms with Crippen LogP contribution in [0.3, 0.4) is 0 Å². The Morgan fingerprint density at radius 1 is 0.741 bits per heavy atom. The maximum absolute atomic E-state index is 6.17. The van der Waals surface area contributed by atoms with Gasteiger partial charge in [0, 0.05) is 23.6 Å². The van der Waals surface area contributed by atoms with E-state index >= 15 is 0 Å². The van der Waals surface area contributed by atoms with Crippen molar-refractivity contribution < 1.29 is 18.9 Å². The summed E-state index contributed by atoms with van der Waals surface area (Å²) >= 11 is 12.3. The Bertz CT molecular complexity index is 998. The van der Waals surface area contributed by atoms with E-state index in [9.17, 15) is 0 Å². The van der Waals surface area contributed by atoms with Crippen LogP contribution in [0.15, 0.2) is 24.3 Å². The molecule has 0 fully saturated rings. The lowest BCUT2D eigenvalue weighted by Gasteiger charge is -2.16. The number of rotatable bonds is 6. The van der Waals surface area contributed by atoms with E-state index in [4.69, 9.17) is 42.1 Å². The molecule has 0 aliphatic carbocycles. The maximum atomic E-state index is 6.17. The van der Waals surface area contributed by atoms with Crippen LogP contribution in [0.25, 0.3) is 10.9 Å². The van der Waals surface area contributed by atoms with Gasteiger partial charge in [0.15, 0.2) is 11.5 Å². The molecule has 0 bridgehead atoms. The van der Waals surface area contributed by atoms with Crippen molar-refractivity contribution >= 4 is 45.6 Å². The third kappa shape index (κ3) is 3.74. The number of hydrogen-bond donors (Lipinski definition) is 1.